The van der Waals surface area contributed by atoms with E-state index in [2.05, 4.69) is 0 Å². The summed E-state index contributed by atoms with van der Waals surface area (Å²) in [6, 6.07) is 14.8. The van der Waals surface area contributed by atoms with Crippen LogP contribution in [0.5, 0.6) is 0 Å². The quantitative estimate of drug-likeness (QED) is 0.716. The average molecular weight is 354 g/mol. The van der Waals surface area contributed by atoms with E-state index in [1.165, 1.54) is 29.2 Å². The third-order valence-electron chi connectivity index (χ3n) is 3.71. The predicted molar refractivity (Wildman–Crippen MR) is 94.8 cm³/mol. The number of benzene rings is 2. The Balaban J connectivity index is 1.95. The maximum absolute atomic E-state index is 12.9. The van der Waals surface area contributed by atoms with Crippen LogP contribution in [0.2, 0.25) is 0 Å². The van der Waals surface area contributed by atoms with Crippen molar-refractivity contribution in [3.05, 3.63) is 65.5 Å². The lowest BCUT2D eigenvalue weighted by atomic mass is 10.1. The Kier molecular flexibility index (Phi) is 6.86. The second-order valence-corrected chi connectivity index (χ2v) is 5.75. The van der Waals surface area contributed by atoms with Gasteiger partial charge in [-0.1, -0.05) is 29.8 Å². The zero-order chi connectivity index (χ0) is 18.9. The number of nitrogens with zero attached hydrogens (tertiary/aromatic N) is 2. The fraction of sp³-hybridized carbons (Fsp3) is 0.250. The lowest BCUT2D eigenvalue weighted by Gasteiger charge is -2.21. The maximum atomic E-state index is 12.9. The molecule has 0 aliphatic heterocycles. The van der Waals surface area contributed by atoms with E-state index in [-0.39, 0.29) is 25.2 Å². The molecule has 0 N–H and O–H groups in total. The van der Waals surface area contributed by atoms with Gasteiger partial charge in [-0.3, -0.25) is 9.59 Å². The smallest absolute Gasteiger partial charge is 0.310 e. The van der Waals surface area contributed by atoms with Crippen molar-refractivity contribution in [3.8, 4) is 6.07 Å². The van der Waals surface area contributed by atoms with Crippen LogP contribution in [-0.4, -0.2) is 25.0 Å². The molecule has 0 heterocycles. The number of rotatable bonds is 7. The average Bonchev–Trinajstić information content (AvgIpc) is 2.63. The van der Waals surface area contributed by atoms with Crippen molar-refractivity contribution < 1.29 is 18.7 Å². The molecule has 0 bridgehead atoms. The van der Waals surface area contributed by atoms with Crippen molar-refractivity contribution in [3.63, 3.8) is 0 Å². The molecule has 0 spiro atoms. The van der Waals surface area contributed by atoms with Crippen LogP contribution < -0.4 is 4.90 Å². The summed E-state index contributed by atoms with van der Waals surface area (Å²) in [5, 5.41) is 8.79. The number of carbonyl (C=O) groups is 2. The molecule has 26 heavy (non-hydrogen) atoms. The second kappa shape index (κ2) is 9.33. The minimum atomic E-state index is -0.575. The van der Waals surface area contributed by atoms with Crippen LogP contribution in [0.1, 0.15) is 17.5 Å². The molecule has 0 aliphatic rings. The second-order valence-electron chi connectivity index (χ2n) is 5.75. The van der Waals surface area contributed by atoms with Crippen LogP contribution in [0.4, 0.5) is 10.1 Å². The maximum Gasteiger partial charge on any atom is 0.310 e. The van der Waals surface area contributed by atoms with Crippen LogP contribution in [0.3, 0.4) is 0 Å². The van der Waals surface area contributed by atoms with Gasteiger partial charge in [0.1, 0.15) is 5.82 Å². The minimum Gasteiger partial charge on any atom is -0.455 e. The number of nitriles is 1. The molecule has 2 rings (SSSR count). The van der Waals surface area contributed by atoms with Gasteiger partial charge in [-0.05, 0) is 36.8 Å². The number of esters is 1. The van der Waals surface area contributed by atoms with E-state index >= 15 is 0 Å². The molecule has 0 unspecified atom stereocenters. The van der Waals surface area contributed by atoms with Gasteiger partial charge < -0.3 is 9.64 Å². The van der Waals surface area contributed by atoms with Crippen molar-refractivity contribution in [1.29, 1.82) is 5.26 Å². The monoisotopic (exact) mass is 354 g/mol. The van der Waals surface area contributed by atoms with Crippen molar-refractivity contribution in [2.24, 2.45) is 0 Å². The van der Waals surface area contributed by atoms with Crippen molar-refractivity contribution in [1.82, 2.24) is 0 Å². The molecule has 0 saturated carbocycles. The largest absolute Gasteiger partial charge is 0.455 e. The van der Waals surface area contributed by atoms with Gasteiger partial charge in [0.05, 0.1) is 18.9 Å². The van der Waals surface area contributed by atoms with E-state index in [1.807, 2.05) is 25.1 Å². The molecule has 0 saturated heterocycles. The molecule has 0 atom stereocenters. The predicted octanol–water partition coefficient (Wildman–Crippen LogP) is 3.17. The number of aryl methyl sites for hydroxylation is 1. The minimum absolute atomic E-state index is 0.0453. The number of anilines is 1. The molecule has 134 valence electrons. The summed E-state index contributed by atoms with van der Waals surface area (Å²) in [6.07, 6.45) is 0.124. The van der Waals surface area contributed by atoms with Crippen molar-refractivity contribution in [2.75, 3.05) is 18.1 Å². The van der Waals surface area contributed by atoms with Crippen LogP contribution in [-0.2, 0) is 20.7 Å². The Morgan fingerprint density at radius 2 is 1.77 bits per heavy atom. The first-order valence-corrected chi connectivity index (χ1v) is 8.13. The fourth-order valence-corrected chi connectivity index (χ4v) is 2.32. The SMILES string of the molecule is Cc1ccc(N(CCC#N)C(=O)COC(=O)Cc2ccc(F)cc2)cc1. The molecule has 2 aromatic carbocycles. The molecule has 5 nitrogen and oxygen atoms in total. The summed E-state index contributed by atoms with van der Waals surface area (Å²) in [5.41, 5.74) is 2.29. The number of carbonyl (C=O) groups excluding carboxylic acids is 2. The van der Waals surface area contributed by atoms with Gasteiger partial charge in [-0.15, -0.1) is 0 Å². The first-order valence-electron chi connectivity index (χ1n) is 8.13. The van der Waals surface area contributed by atoms with Gasteiger partial charge in [0.15, 0.2) is 6.61 Å². The first-order chi connectivity index (χ1) is 12.5. The number of hydrogen-bond acceptors (Lipinski definition) is 4. The standard InChI is InChI=1S/C20H19FN2O3/c1-15-3-9-18(10-4-15)23(12-2-11-22)19(24)14-26-20(25)13-16-5-7-17(21)8-6-16/h3-10H,2,12-14H2,1H3. The summed E-state index contributed by atoms with van der Waals surface area (Å²) >= 11 is 0. The van der Waals surface area contributed by atoms with E-state index in [9.17, 15) is 14.0 Å². The zero-order valence-corrected chi connectivity index (χ0v) is 14.4. The molecule has 2 aromatic rings. The van der Waals surface area contributed by atoms with Crippen molar-refractivity contribution in [2.45, 2.75) is 19.8 Å². The normalized spacial score (nSPS) is 10.0. The van der Waals surface area contributed by atoms with Crippen molar-refractivity contribution >= 4 is 17.6 Å². The molecule has 0 fully saturated rings. The zero-order valence-electron chi connectivity index (χ0n) is 14.4. The van der Waals surface area contributed by atoms with Gasteiger partial charge in [-0.2, -0.15) is 5.26 Å². The molecular formula is C20H19FN2O3. The Morgan fingerprint density at radius 3 is 2.38 bits per heavy atom. The Bertz CT molecular complexity index is 795. The highest BCUT2D eigenvalue weighted by Crippen LogP contribution is 2.16. The van der Waals surface area contributed by atoms with Crippen LogP contribution in [0.15, 0.2) is 48.5 Å². The highest BCUT2D eigenvalue weighted by Gasteiger charge is 2.17. The Morgan fingerprint density at radius 1 is 1.12 bits per heavy atom. The fourth-order valence-electron chi connectivity index (χ4n) is 2.32. The van der Waals surface area contributed by atoms with Gasteiger partial charge >= 0.3 is 5.97 Å². The summed E-state index contributed by atoms with van der Waals surface area (Å²) in [6.45, 7) is 1.73. The lowest BCUT2D eigenvalue weighted by Crippen LogP contribution is -2.35. The summed E-state index contributed by atoms with van der Waals surface area (Å²) in [7, 11) is 0. The van der Waals surface area contributed by atoms with Gasteiger partial charge in [-0.25, -0.2) is 4.39 Å². The Labute approximate surface area is 151 Å². The number of ether oxygens (including phenoxy) is 1. The number of amides is 1. The number of halogens is 1. The molecule has 6 heteroatoms. The van der Waals surface area contributed by atoms with Crippen LogP contribution in [0, 0.1) is 24.1 Å². The van der Waals surface area contributed by atoms with Crippen LogP contribution in [0.25, 0.3) is 0 Å². The first kappa shape index (κ1) is 19.1. The van der Waals surface area contributed by atoms with Crippen LogP contribution >= 0.6 is 0 Å². The molecule has 0 radical (unpaired) electrons. The number of hydrogen-bond donors (Lipinski definition) is 0. The molecular weight excluding hydrogens is 335 g/mol. The molecule has 1 amide bonds. The van der Waals surface area contributed by atoms with Gasteiger partial charge in [0.25, 0.3) is 5.91 Å². The van der Waals surface area contributed by atoms with E-state index < -0.39 is 18.5 Å². The lowest BCUT2D eigenvalue weighted by molar-refractivity contribution is -0.147. The third kappa shape index (κ3) is 5.71. The topological polar surface area (TPSA) is 70.4 Å². The summed E-state index contributed by atoms with van der Waals surface area (Å²) in [5.74, 6) is -1.37. The summed E-state index contributed by atoms with van der Waals surface area (Å²) in [4.78, 5) is 25.7. The molecule has 0 aliphatic carbocycles. The van der Waals surface area contributed by atoms with E-state index in [0.717, 1.165) is 5.56 Å². The van der Waals surface area contributed by atoms with E-state index in [1.54, 1.807) is 12.1 Å². The summed E-state index contributed by atoms with van der Waals surface area (Å²) < 4.78 is 17.9. The highest BCUT2D eigenvalue weighted by molar-refractivity contribution is 5.95. The molecule has 0 aromatic heterocycles. The van der Waals surface area contributed by atoms with Gasteiger partial charge in [0.2, 0.25) is 0 Å². The van der Waals surface area contributed by atoms with E-state index in [4.69, 9.17) is 10.00 Å². The van der Waals surface area contributed by atoms with Gasteiger partial charge in [0, 0.05) is 12.2 Å². The Hall–Kier alpha value is -3.20. The highest BCUT2D eigenvalue weighted by atomic mass is 19.1. The van der Waals surface area contributed by atoms with E-state index in [0.29, 0.717) is 11.3 Å². The third-order valence-corrected chi connectivity index (χ3v) is 3.71.